The number of benzene rings is 4. The summed E-state index contributed by atoms with van der Waals surface area (Å²) in [6, 6.07) is 30.9. The molecule has 4 aromatic carbocycles. The van der Waals surface area contributed by atoms with Gasteiger partial charge in [0.05, 0.1) is 12.8 Å². The molecule has 1 atom stereocenters. The summed E-state index contributed by atoms with van der Waals surface area (Å²) in [4.78, 5) is 38.5. The molecular formula is C31H28N2O5. The summed E-state index contributed by atoms with van der Waals surface area (Å²) in [7, 11) is 1.51. The Balaban J connectivity index is 1.41. The molecule has 0 aromatic heterocycles. The Kier molecular flexibility index (Phi) is 8.51. The van der Waals surface area contributed by atoms with E-state index in [1.54, 1.807) is 54.6 Å². The van der Waals surface area contributed by atoms with E-state index in [9.17, 15) is 14.4 Å². The van der Waals surface area contributed by atoms with Crippen molar-refractivity contribution in [3.8, 4) is 16.9 Å². The summed E-state index contributed by atoms with van der Waals surface area (Å²) >= 11 is 0. The van der Waals surface area contributed by atoms with E-state index in [0.29, 0.717) is 22.6 Å². The topological polar surface area (TPSA) is 93.7 Å². The van der Waals surface area contributed by atoms with Crippen LogP contribution in [-0.2, 0) is 14.3 Å². The Morgan fingerprint density at radius 1 is 0.789 bits per heavy atom. The number of carbonyl (C=O) groups is 3. The molecule has 192 valence electrons. The molecule has 2 N–H and O–H groups in total. The van der Waals surface area contributed by atoms with Crippen molar-refractivity contribution < 1.29 is 23.9 Å². The highest BCUT2D eigenvalue weighted by atomic mass is 16.5. The van der Waals surface area contributed by atoms with Crippen LogP contribution < -0.4 is 15.4 Å². The molecule has 7 heteroatoms. The molecule has 4 rings (SSSR count). The van der Waals surface area contributed by atoms with Crippen molar-refractivity contribution in [1.29, 1.82) is 0 Å². The normalized spacial score (nSPS) is 11.2. The molecule has 7 nitrogen and oxygen atoms in total. The molecule has 38 heavy (non-hydrogen) atoms. The van der Waals surface area contributed by atoms with Gasteiger partial charge in [0.1, 0.15) is 12.3 Å². The van der Waals surface area contributed by atoms with E-state index >= 15 is 0 Å². The quantitative estimate of drug-likeness (QED) is 0.298. The lowest BCUT2D eigenvalue weighted by Gasteiger charge is -2.19. The number of hydrogen-bond acceptors (Lipinski definition) is 5. The highest BCUT2D eigenvalue weighted by Crippen LogP contribution is 2.28. The summed E-state index contributed by atoms with van der Waals surface area (Å²) in [6.07, 6.45) is -1.23. The standard InChI is InChI=1S/C31H28N2O5/c1-21-13-18-27(37-2)26(19-21)33-31(36)29(24-11-7-4-8-12-24)38-28(34)20-32-30(35)25-16-14-23(15-17-25)22-9-5-3-6-10-22/h3-19,29H,20H2,1-2H3,(H,32,35)(H,33,36). The fourth-order valence-corrected chi connectivity index (χ4v) is 3.89. The molecule has 4 aromatic rings. The van der Waals surface area contributed by atoms with Crippen molar-refractivity contribution >= 4 is 23.5 Å². The summed E-state index contributed by atoms with van der Waals surface area (Å²) in [5, 5.41) is 5.35. The number of anilines is 1. The molecule has 0 saturated heterocycles. The highest BCUT2D eigenvalue weighted by Gasteiger charge is 2.26. The van der Waals surface area contributed by atoms with Crippen molar-refractivity contribution in [2.24, 2.45) is 0 Å². The highest BCUT2D eigenvalue weighted by molar-refractivity contribution is 5.98. The van der Waals surface area contributed by atoms with Crippen LogP contribution in [0.25, 0.3) is 11.1 Å². The van der Waals surface area contributed by atoms with Crippen molar-refractivity contribution in [2.75, 3.05) is 19.0 Å². The molecule has 0 aliphatic carbocycles. The Bertz CT molecular complexity index is 1400. The molecule has 0 heterocycles. The number of carbonyl (C=O) groups excluding carboxylic acids is 3. The van der Waals surface area contributed by atoms with Gasteiger partial charge >= 0.3 is 5.97 Å². The Hall–Kier alpha value is -4.91. The van der Waals surface area contributed by atoms with Gasteiger partial charge in [-0.25, -0.2) is 0 Å². The van der Waals surface area contributed by atoms with Crippen LogP contribution in [0.1, 0.15) is 27.6 Å². The summed E-state index contributed by atoms with van der Waals surface area (Å²) in [6.45, 7) is 1.49. The van der Waals surface area contributed by atoms with Crippen LogP contribution in [0.5, 0.6) is 5.75 Å². The first-order valence-electron chi connectivity index (χ1n) is 12.1. The maximum absolute atomic E-state index is 13.2. The molecule has 0 radical (unpaired) electrons. The smallest absolute Gasteiger partial charge is 0.326 e. The third kappa shape index (κ3) is 6.64. The van der Waals surface area contributed by atoms with E-state index in [1.165, 1.54) is 7.11 Å². The van der Waals surface area contributed by atoms with Crippen molar-refractivity contribution in [2.45, 2.75) is 13.0 Å². The molecule has 0 saturated carbocycles. The zero-order chi connectivity index (χ0) is 26.9. The molecule has 0 fully saturated rings. The van der Waals surface area contributed by atoms with Gasteiger partial charge in [0.2, 0.25) is 6.10 Å². The fourth-order valence-electron chi connectivity index (χ4n) is 3.89. The van der Waals surface area contributed by atoms with E-state index in [1.807, 2.05) is 55.5 Å². The SMILES string of the molecule is COc1ccc(C)cc1NC(=O)C(OC(=O)CNC(=O)c1ccc(-c2ccccc2)cc1)c1ccccc1. The van der Waals surface area contributed by atoms with Gasteiger partial charge in [0.15, 0.2) is 0 Å². The van der Waals surface area contributed by atoms with Crippen molar-refractivity contribution in [1.82, 2.24) is 5.32 Å². The number of esters is 1. The van der Waals surface area contributed by atoms with E-state index in [2.05, 4.69) is 10.6 Å². The molecule has 2 amide bonds. The Morgan fingerprint density at radius 2 is 1.42 bits per heavy atom. The third-order valence-corrected chi connectivity index (χ3v) is 5.85. The number of amides is 2. The molecular weight excluding hydrogens is 480 g/mol. The maximum atomic E-state index is 13.2. The van der Waals surface area contributed by atoms with Crippen LogP contribution >= 0.6 is 0 Å². The molecule has 0 bridgehead atoms. The second-order valence-corrected chi connectivity index (χ2v) is 8.60. The molecule has 0 spiro atoms. The Morgan fingerprint density at radius 3 is 2.08 bits per heavy atom. The van der Waals surface area contributed by atoms with Gasteiger partial charge in [0.25, 0.3) is 11.8 Å². The van der Waals surface area contributed by atoms with Gasteiger partial charge in [-0.2, -0.15) is 0 Å². The zero-order valence-corrected chi connectivity index (χ0v) is 21.1. The minimum Gasteiger partial charge on any atom is -0.495 e. The van der Waals surface area contributed by atoms with E-state index in [-0.39, 0.29) is 0 Å². The van der Waals surface area contributed by atoms with Crippen LogP contribution in [0.3, 0.4) is 0 Å². The number of rotatable bonds is 9. The van der Waals surface area contributed by atoms with Crippen molar-refractivity contribution in [3.63, 3.8) is 0 Å². The lowest BCUT2D eigenvalue weighted by atomic mass is 10.0. The van der Waals surface area contributed by atoms with Gasteiger partial charge in [-0.15, -0.1) is 0 Å². The zero-order valence-electron chi connectivity index (χ0n) is 21.1. The van der Waals surface area contributed by atoms with E-state index in [4.69, 9.17) is 9.47 Å². The average molecular weight is 509 g/mol. The second-order valence-electron chi connectivity index (χ2n) is 8.60. The summed E-state index contributed by atoms with van der Waals surface area (Å²) in [5.74, 6) is -1.24. The first kappa shape index (κ1) is 26.2. The summed E-state index contributed by atoms with van der Waals surface area (Å²) < 4.78 is 10.9. The van der Waals surface area contributed by atoms with Gasteiger partial charge in [0, 0.05) is 11.1 Å². The lowest BCUT2D eigenvalue weighted by Crippen LogP contribution is -2.33. The number of aryl methyl sites for hydroxylation is 1. The average Bonchev–Trinajstić information content (AvgIpc) is 2.95. The molecule has 0 aliphatic heterocycles. The van der Waals surface area contributed by atoms with Crippen LogP contribution in [0.4, 0.5) is 5.69 Å². The van der Waals surface area contributed by atoms with Crippen LogP contribution in [0.15, 0.2) is 103 Å². The number of ether oxygens (including phenoxy) is 2. The third-order valence-electron chi connectivity index (χ3n) is 5.85. The Labute approximate surface area is 221 Å². The minimum atomic E-state index is -1.23. The second kappa shape index (κ2) is 12.4. The fraction of sp³-hybridized carbons (Fsp3) is 0.129. The van der Waals surface area contributed by atoms with Gasteiger partial charge in [-0.3, -0.25) is 14.4 Å². The van der Waals surface area contributed by atoms with Crippen LogP contribution in [0, 0.1) is 6.92 Å². The predicted molar refractivity (Wildman–Crippen MR) is 146 cm³/mol. The van der Waals surface area contributed by atoms with E-state index in [0.717, 1.165) is 16.7 Å². The monoisotopic (exact) mass is 508 g/mol. The first-order chi connectivity index (χ1) is 18.4. The number of methoxy groups -OCH3 is 1. The maximum Gasteiger partial charge on any atom is 0.326 e. The largest absolute Gasteiger partial charge is 0.495 e. The predicted octanol–water partition coefficient (Wildman–Crippen LogP) is 5.32. The molecule has 0 aliphatic rings. The number of hydrogen-bond donors (Lipinski definition) is 2. The molecule has 1 unspecified atom stereocenters. The van der Waals surface area contributed by atoms with Gasteiger partial charge in [-0.1, -0.05) is 78.9 Å². The summed E-state index contributed by atoms with van der Waals surface area (Å²) in [5.41, 5.74) is 4.30. The lowest BCUT2D eigenvalue weighted by molar-refractivity contribution is -0.153. The van der Waals surface area contributed by atoms with Gasteiger partial charge in [-0.05, 0) is 47.9 Å². The van der Waals surface area contributed by atoms with E-state index < -0.39 is 30.4 Å². The van der Waals surface area contributed by atoms with Gasteiger partial charge < -0.3 is 20.1 Å². The number of nitrogens with one attached hydrogen (secondary N) is 2. The minimum absolute atomic E-state index is 0.399. The van der Waals surface area contributed by atoms with Crippen molar-refractivity contribution in [3.05, 3.63) is 120 Å². The van der Waals surface area contributed by atoms with Crippen LogP contribution in [0.2, 0.25) is 0 Å². The van der Waals surface area contributed by atoms with Crippen LogP contribution in [-0.4, -0.2) is 31.4 Å². The first-order valence-corrected chi connectivity index (χ1v) is 12.1.